The molecule has 3 heteroatoms. The monoisotopic (exact) mass is 154 g/mol. The first-order valence-corrected chi connectivity index (χ1v) is 3.96. The lowest BCUT2D eigenvalue weighted by Gasteiger charge is -2.18. The highest BCUT2D eigenvalue weighted by atomic mass is 16.2. The Labute approximate surface area is 66.9 Å². The molecular weight excluding hydrogens is 140 g/mol. The Morgan fingerprint density at radius 1 is 1.45 bits per heavy atom. The predicted molar refractivity (Wildman–Crippen MR) is 43.5 cm³/mol. The molecule has 1 aliphatic rings. The maximum absolute atomic E-state index is 11.2. The van der Waals surface area contributed by atoms with E-state index in [9.17, 15) is 4.79 Å². The Balaban J connectivity index is 2.59. The maximum atomic E-state index is 11.2. The number of hydrogen-bond donors (Lipinski definition) is 1. The number of rotatable bonds is 1. The zero-order valence-electron chi connectivity index (χ0n) is 6.68. The van der Waals surface area contributed by atoms with E-state index in [1.807, 2.05) is 0 Å². The summed E-state index contributed by atoms with van der Waals surface area (Å²) in [6.45, 7) is 4.30. The topological polar surface area (TPSA) is 46.3 Å². The molecular formula is C8H14N2O. The standard InChI is InChI=1S/C8H14N2O/c1-7(9)10-6-4-2-3-5-8(10)11/h1-6,9H2. The van der Waals surface area contributed by atoms with Crippen molar-refractivity contribution in [2.75, 3.05) is 6.54 Å². The summed E-state index contributed by atoms with van der Waals surface area (Å²) in [5, 5.41) is 0. The van der Waals surface area contributed by atoms with Crippen LogP contribution in [-0.2, 0) is 4.79 Å². The normalized spacial score (nSPS) is 19.6. The van der Waals surface area contributed by atoms with E-state index in [4.69, 9.17) is 5.73 Å². The molecule has 0 bridgehead atoms. The molecule has 0 aromatic carbocycles. The van der Waals surface area contributed by atoms with E-state index in [1.165, 1.54) is 0 Å². The fraction of sp³-hybridized carbons (Fsp3) is 0.625. The van der Waals surface area contributed by atoms with Crippen molar-refractivity contribution in [1.82, 2.24) is 4.90 Å². The molecule has 1 aliphatic heterocycles. The van der Waals surface area contributed by atoms with Crippen molar-refractivity contribution in [3.63, 3.8) is 0 Å². The third kappa shape index (κ3) is 1.97. The number of likely N-dealkylation sites (tertiary alicyclic amines) is 1. The summed E-state index contributed by atoms with van der Waals surface area (Å²) in [7, 11) is 0. The summed E-state index contributed by atoms with van der Waals surface area (Å²) in [6, 6.07) is 0. The molecule has 1 amide bonds. The van der Waals surface area contributed by atoms with Gasteiger partial charge in [0.1, 0.15) is 0 Å². The predicted octanol–water partition coefficient (Wildman–Crippen LogP) is 0.819. The van der Waals surface area contributed by atoms with Crippen LogP contribution in [0.25, 0.3) is 0 Å². The second kappa shape index (κ2) is 3.42. The number of nitrogens with two attached hydrogens (primary N) is 1. The van der Waals surface area contributed by atoms with Gasteiger partial charge in [-0.15, -0.1) is 0 Å². The third-order valence-electron chi connectivity index (χ3n) is 1.92. The molecule has 0 saturated carbocycles. The average molecular weight is 154 g/mol. The molecule has 0 radical (unpaired) electrons. The third-order valence-corrected chi connectivity index (χ3v) is 1.92. The fourth-order valence-corrected chi connectivity index (χ4v) is 1.29. The van der Waals surface area contributed by atoms with Crippen LogP contribution in [0.4, 0.5) is 0 Å². The van der Waals surface area contributed by atoms with Gasteiger partial charge in [-0.1, -0.05) is 13.0 Å². The first-order chi connectivity index (χ1) is 5.22. The molecule has 1 fully saturated rings. The summed E-state index contributed by atoms with van der Waals surface area (Å²) in [4.78, 5) is 12.8. The summed E-state index contributed by atoms with van der Waals surface area (Å²) in [6.07, 6.45) is 3.77. The Morgan fingerprint density at radius 3 is 2.82 bits per heavy atom. The van der Waals surface area contributed by atoms with E-state index < -0.39 is 0 Å². The molecule has 0 unspecified atom stereocenters. The average Bonchev–Trinajstić information content (AvgIpc) is 2.13. The van der Waals surface area contributed by atoms with Crippen molar-refractivity contribution in [2.24, 2.45) is 5.73 Å². The van der Waals surface area contributed by atoms with Gasteiger partial charge in [0.15, 0.2) is 0 Å². The highest BCUT2D eigenvalue weighted by Gasteiger charge is 2.16. The molecule has 0 aromatic rings. The Kier molecular flexibility index (Phi) is 2.52. The second-order valence-electron chi connectivity index (χ2n) is 2.85. The maximum Gasteiger partial charge on any atom is 0.228 e. The van der Waals surface area contributed by atoms with Gasteiger partial charge in [0, 0.05) is 13.0 Å². The highest BCUT2D eigenvalue weighted by molar-refractivity contribution is 5.77. The minimum atomic E-state index is 0.120. The van der Waals surface area contributed by atoms with Gasteiger partial charge in [0.2, 0.25) is 5.91 Å². The summed E-state index contributed by atoms with van der Waals surface area (Å²) in [5.41, 5.74) is 5.44. The largest absolute Gasteiger partial charge is 0.386 e. The lowest BCUT2D eigenvalue weighted by atomic mass is 10.2. The van der Waals surface area contributed by atoms with Gasteiger partial charge in [-0.2, -0.15) is 0 Å². The van der Waals surface area contributed by atoms with Crippen LogP contribution in [0.1, 0.15) is 25.7 Å². The summed E-state index contributed by atoms with van der Waals surface area (Å²) >= 11 is 0. The van der Waals surface area contributed by atoms with Crippen LogP contribution in [0.3, 0.4) is 0 Å². The van der Waals surface area contributed by atoms with Crippen molar-refractivity contribution in [3.05, 3.63) is 12.4 Å². The van der Waals surface area contributed by atoms with Crippen LogP contribution >= 0.6 is 0 Å². The van der Waals surface area contributed by atoms with Crippen molar-refractivity contribution in [3.8, 4) is 0 Å². The molecule has 0 aromatic heterocycles. The van der Waals surface area contributed by atoms with E-state index in [0.29, 0.717) is 12.2 Å². The Hall–Kier alpha value is -0.990. The SMILES string of the molecule is C=C(N)N1CCCCCC1=O. The van der Waals surface area contributed by atoms with E-state index in [-0.39, 0.29) is 5.91 Å². The second-order valence-corrected chi connectivity index (χ2v) is 2.85. The van der Waals surface area contributed by atoms with Crippen LogP contribution in [-0.4, -0.2) is 17.4 Å². The summed E-state index contributed by atoms with van der Waals surface area (Å²) in [5.74, 6) is 0.506. The van der Waals surface area contributed by atoms with E-state index in [1.54, 1.807) is 4.90 Å². The zero-order valence-corrected chi connectivity index (χ0v) is 6.68. The van der Waals surface area contributed by atoms with Crippen molar-refractivity contribution in [1.29, 1.82) is 0 Å². The number of nitrogens with zero attached hydrogens (tertiary/aromatic N) is 1. The number of hydrogen-bond acceptors (Lipinski definition) is 2. The molecule has 11 heavy (non-hydrogen) atoms. The van der Waals surface area contributed by atoms with E-state index in [2.05, 4.69) is 6.58 Å². The number of amides is 1. The first kappa shape index (κ1) is 8.11. The molecule has 0 atom stereocenters. The highest BCUT2D eigenvalue weighted by Crippen LogP contribution is 2.12. The van der Waals surface area contributed by atoms with Crippen LogP contribution in [0.2, 0.25) is 0 Å². The zero-order chi connectivity index (χ0) is 8.27. The number of carbonyl (C=O) groups excluding carboxylic acids is 1. The lowest BCUT2D eigenvalue weighted by molar-refractivity contribution is -0.128. The first-order valence-electron chi connectivity index (χ1n) is 3.96. The van der Waals surface area contributed by atoms with Crippen molar-refractivity contribution < 1.29 is 4.79 Å². The van der Waals surface area contributed by atoms with Gasteiger partial charge < -0.3 is 5.73 Å². The van der Waals surface area contributed by atoms with Gasteiger partial charge in [-0.05, 0) is 12.8 Å². The molecule has 62 valence electrons. The van der Waals surface area contributed by atoms with Crippen LogP contribution in [0, 0.1) is 0 Å². The van der Waals surface area contributed by atoms with Crippen LogP contribution in [0.15, 0.2) is 12.4 Å². The minimum Gasteiger partial charge on any atom is -0.386 e. The van der Waals surface area contributed by atoms with Gasteiger partial charge >= 0.3 is 0 Å². The van der Waals surface area contributed by atoms with Gasteiger partial charge in [-0.3, -0.25) is 9.69 Å². The summed E-state index contributed by atoms with van der Waals surface area (Å²) < 4.78 is 0. The quantitative estimate of drug-likeness (QED) is 0.607. The smallest absolute Gasteiger partial charge is 0.228 e. The molecule has 0 spiro atoms. The van der Waals surface area contributed by atoms with E-state index >= 15 is 0 Å². The Bertz CT molecular complexity index is 177. The molecule has 2 N–H and O–H groups in total. The van der Waals surface area contributed by atoms with Crippen LogP contribution < -0.4 is 5.73 Å². The minimum absolute atomic E-state index is 0.120. The molecule has 3 nitrogen and oxygen atoms in total. The van der Waals surface area contributed by atoms with E-state index in [0.717, 1.165) is 25.8 Å². The lowest BCUT2D eigenvalue weighted by Crippen LogP contribution is -2.32. The van der Waals surface area contributed by atoms with Crippen molar-refractivity contribution in [2.45, 2.75) is 25.7 Å². The fourth-order valence-electron chi connectivity index (χ4n) is 1.29. The van der Waals surface area contributed by atoms with Gasteiger partial charge in [-0.25, -0.2) is 0 Å². The Morgan fingerprint density at radius 2 is 2.18 bits per heavy atom. The van der Waals surface area contributed by atoms with Crippen LogP contribution in [0.5, 0.6) is 0 Å². The molecule has 1 saturated heterocycles. The van der Waals surface area contributed by atoms with Gasteiger partial charge in [0.25, 0.3) is 0 Å². The molecule has 0 aliphatic carbocycles. The number of carbonyl (C=O) groups is 1. The van der Waals surface area contributed by atoms with Gasteiger partial charge in [0.05, 0.1) is 5.82 Å². The van der Waals surface area contributed by atoms with Crippen molar-refractivity contribution >= 4 is 5.91 Å². The molecule has 1 heterocycles. The molecule has 1 rings (SSSR count).